The third-order valence-corrected chi connectivity index (χ3v) is 3.54. The normalized spacial score (nSPS) is 12.9. The van der Waals surface area contributed by atoms with Crippen LogP contribution in [0.25, 0.3) is 0 Å². The van der Waals surface area contributed by atoms with Gasteiger partial charge in [-0.2, -0.15) is 0 Å². The van der Waals surface area contributed by atoms with E-state index in [9.17, 15) is 0 Å². The van der Waals surface area contributed by atoms with Crippen molar-refractivity contribution >= 4 is 0 Å². The first-order valence-corrected chi connectivity index (χ1v) is 7.20. The molecule has 0 unspecified atom stereocenters. The van der Waals surface area contributed by atoms with Crippen molar-refractivity contribution in [2.45, 2.75) is 13.1 Å². The van der Waals surface area contributed by atoms with Crippen molar-refractivity contribution in [3.63, 3.8) is 0 Å². The summed E-state index contributed by atoms with van der Waals surface area (Å²) in [6.07, 6.45) is 0. The van der Waals surface area contributed by atoms with Gasteiger partial charge in [-0.15, -0.1) is 0 Å². The molecule has 1 heterocycles. The molecule has 0 atom stereocenters. The molecule has 2 aromatic carbocycles. The smallest absolute Gasteiger partial charge is 0.231 e. The van der Waals surface area contributed by atoms with Gasteiger partial charge in [-0.3, -0.25) is 4.90 Å². The molecule has 0 bridgehead atoms. The third-order valence-electron chi connectivity index (χ3n) is 3.54. The Kier molecular flexibility index (Phi) is 4.38. The van der Waals surface area contributed by atoms with Crippen LogP contribution in [0.15, 0.2) is 48.5 Å². The maximum Gasteiger partial charge on any atom is 0.231 e. The van der Waals surface area contributed by atoms with Gasteiger partial charge in [-0.1, -0.05) is 36.4 Å². The van der Waals surface area contributed by atoms with Crippen LogP contribution in [-0.2, 0) is 13.1 Å². The summed E-state index contributed by atoms with van der Waals surface area (Å²) >= 11 is 0. The Morgan fingerprint density at radius 2 is 1.67 bits per heavy atom. The maximum atomic E-state index is 5.74. The maximum absolute atomic E-state index is 5.74. The molecule has 3 rings (SSSR count). The van der Waals surface area contributed by atoms with Crippen LogP contribution in [0, 0.1) is 0 Å². The molecular formula is C17H20N2O2. The Morgan fingerprint density at radius 3 is 2.48 bits per heavy atom. The van der Waals surface area contributed by atoms with Crippen LogP contribution in [0.1, 0.15) is 11.1 Å². The van der Waals surface area contributed by atoms with Gasteiger partial charge in [0.1, 0.15) is 0 Å². The molecule has 1 aliphatic rings. The lowest BCUT2D eigenvalue weighted by molar-refractivity contribution is 0.174. The van der Waals surface area contributed by atoms with Crippen molar-refractivity contribution in [1.29, 1.82) is 0 Å². The summed E-state index contributed by atoms with van der Waals surface area (Å²) < 4.78 is 10.8. The van der Waals surface area contributed by atoms with Crippen LogP contribution in [0.3, 0.4) is 0 Å². The first kappa shape index (κ1) is 13.9. The fourth-order valence-corrected chi connectivity index (χ4v) is 2.54. The fraction of sp³-hybridized carbons (Fsp3) is 0.294. The minimum atomic E-state index is 0.315. The highest BCUT2D eigenvalue weighted by Gasteiger charge is 2.14. The highest BCUT2D eigenvalue weighted by atomic mass is 16.7. The summed E-state index contributed by atoms with van der Waals surface area (Å²) in [5.74, 6) is 1.66. The lowest BCUT2D eigenvalue weighted by Gasteiger charge is -2.22. The van der Waals surface area contributed by atoms with E-state index < -0.39 is 0 Å². The van der Waals surface area contributed by atoms with Gasteiger partial charge in [0.15, 0.2) is 11.5 Å². The summed E-state index contributed by atoms with van der Waals surface area (Å²) in [5.41, 5.74) is 8.25. The molecule has 0 spiro atoms. The molecule has 0 saturated heterocycles. The number of rotatable bonds is 6. The second-order valence-electron chi connectivity index (χ2n) is 5.17. The summed E-state index contributed by atoms with van der Waals surface area (Å²) in [6, 6.07) is 16.6. The van der Waals surface area contributed by atoms with Crippen LogP contribution >= 0.6 is 0 Å². The molecule has 4 nitrogen and oxygen atoms in total. The fourth-order valence-electron chi connectivity index (χ4n) is 2.54. The summed E-state index contributed by atoms with van der Waals surface area (Å²) in [5, 5.41) is 0. The third kappa shape index (κ3) is 3.54. The Labute approximate surface area is 125 Å². The summed E-state index contributed by atoms with van der Waals surface area (Å²) in [4.78, 5) is 2.34. The van der Waals surface area contributed by atoms with Crippen molar-refractivity contribution in [3.05, 3.63) is 59.7 Å². The molecular weight excluding hydrogens is 264 g/mol. The zero-order chi connectivity index (χ0) is 14.5. The number of nitrogens with zero attached hydrogens (tertiary/aromatic N) is 1. The van der Waals surface area contributed by atoms with Crippen LogP contribution in [0.4, 0.5) is 0 Å². The van der Waals surface area contributed by atoms with Gasteiger partial charge in [0.05, 0.1) is 0 Å². The van der Waals surface area contributed by atoms with E-state index in [0.29, 0.717) is 13.3 Å². The van der Waals surface area contributed by atoms with Gasteiger partial charge in [-0.05, 0) is 23.3 Å². The van der Waals surface area contributed by atoms with E-state index in [1.54, 1.807) is 0 Å². The molecule has 0 saturated carbocycles. The molecule has 0 fully saturated rings. The molecule has 4 heteroatoms. The molecule has 0 amide bonds. The number of hydrogen-bond acceptors (Lipinski definition) is 4. The van der Waals surface area contributed by atoms with Crippen LogP contribution in [0.5, 0.6) is 11.5 Å². The van der Waals surface area contributed by atoms with Crippen LogP contribution in [0.2, 0.25) is 0 Å². The van der Waals surface area contributed by atoms with Crippen LogP contribution in [-0.4, -0.2) is 24.8 Å². The zero-order valence-corrected chi connectivity index (χ0v) is 12.0. The Bertz CT molecular complexity index is 587. The van der Waals surface area contributed by atoms with Gasteiger partial charge in [0.2, 0.25) is 6.79 Å². The number of hydrogen-bond donors (Lipinski definition) is 1. The standard InChI is InChI=1S/C17H20N2O2/c18-8-9-19(11-14-4-2-1-3-5-14)12-15-6-7-16-17(10-15)21-13-20-16/h1-7,10H,8-9,11-13,18H2. The molecule has 21 heavy (non-hydrogen) atoms. The van der Waals surface area contributed by atoms with E-state index >= 15 is 0 Å². The van der Waals surface area contributed by atoms with Gasteiger partial charge in [0.25, 0.3) is 0 Å². The minimum absolute atomic E-state index is 0.315. The largest absolute Gasteiger partial charge is 0.454 e. The lowest BCUT2D eigenvalue weighted by atomic mass is 10.1. The van der Waals surface area contributed by atoms with E-state index in [-0.39, 0.29) is 0 Å². The molecule has 0 aliphatic carbocycles. The van der Waals surface area contributed by atoms with Crippen molar-refractivity contribution in [1.82, 2.24) is 4.90 Å². The van der Waals surface area contributed by atoms with Crippen molar-refractivity contribution < 1.29 is 9.47 Å². The monoisotopic (exact) mass is 284 g/mol. The predicted molar refractivity (Wildman–Crippen MR) is 82.2 cm³/mol. The van der Waals surface area contributed by atoms with Crippen molar-refractivity contribution in [3.8, 4) is 11.5 Å². The SMILES string of the molecule is NCCN(Cc1ccccc1)Cc1ccc2c(c1)OCO2. The first-order valence-electron chi connectivity index (χ1n) is 7.20. The quantitative estimate of drug-likeness (QED) is 0.884. The molecule has 2 aromatic rings. The van der Waals surface area contributed by atoms with Crippen molar-refractivity contribution in [2.75, 3.05) is 19.9 Å². The summed E-state index contributed by atoms with van der Waals surface area (Å²) in [7, 11) is 0. The van der Waals surface area contributed by atoms with E-state index in [1.165, 1.54) is 11.1 Å². The Morgan fingerprint density at radius 1 is 0.905 bits per heavy atom. The zero-order valence-electron chi connectivity index (χ0n) is 12.0. The lowest BCUT2D eigenvalue weighted by Crippen LogP contribution is -2.28. The van der Waals surface area contributed by atoms with Gasteiger partial charge in [0, 0.05) is 26.2 Å². The minimum Gasteiger partial charge on any atom is -0.454 e. The Hall–Kier alpha value is -2.04. The first-order chi connectivity index (χ1) is 10.3. The topological polar surface area (TPSA) is 47.7 Å². The average Bonchev–Trinajstić information content (AvgIpc) is 2.96. The molecule has 2 N–H and O–H groups in total. The second kappa shape index (κ2) is 6.61. The molecule has 110 valence electrons. The van der Waals surface area contributed by atoms with E-state index in [0.717, 1.165) is 31.1 Å². The molecule has 0 radical (unpaired) electrons. The average molecular weight is 284 g/mol. The molecule has 1 aliphatic heterocycles. The number of nitrogens with two attached hydrogens (primary N) is 1. The summed E-state index contributed by atoms with van der Waals surface area (Å²) in [6.45, 7) is 3.57. The van der Waals surface area contributed by atoms with Gasteiger partial charge >= 0.3 is 0 Å². The number of benzene rings is 2. The van der Waals surface area contributed by atoms with Gasteiger partial charge in [-0.25, -0.2) is 0 Å². The van der Waals surface area contributed by atoms with Crippen molar-refractivity contribution in [2.24, 2.45) is 5.73 Å². The van der Waals surface area contributed by atoms with E-state index in [1.807, 2.05) is 12.1 Å². The highest BCUT2D eigenvalue weighted by molar-refractivity contribution is 5.44. The number of ether oxygens (including phenoxy) is 2. The Balaban J connectivity index is 1.70. The second-order valence-corrected chi connectivity index (χ2v) is 5.17. The number of fused-ring (bicyclic) bond motifs is 1. The highest BCUT2D eigenvalue weighted by Crippen LogP contribution is 2.32. The predicted octanol–water partition coefficient (Wildman–Crippen LogP) is 2.38. The van der Waals surface area contributed by atoms with E-state index in [4.69, 9.17) is 15.2 Å². The van der Waals surface area contributed by atoms with Gasteiger partial charge < -0.3 is 15.2 Å². The van der Waals surface area contributed by atoms with E-state index in [2.05, 4.69) is 41.3 Å². The van der Waals surface area contributed by atoms with Crippen LogP contribution < -0.4 is 15.2 Å². The molecule has 0 aromatic heterocycles.